The van der Waals surface area contributed by atoms with E-state index in [1.807, 2.05) is 24.3 Å². The molecule has 0 aliphatic carbocycles. The number of nitrogens with zero attached hydrogens (tertiary/aromatic N) is 1. The van der Waals surface area contributed by atoms with Crippen molar-refractivity contribution < 1.29 is 4.74 Å². The Morgan fingerprint density at radius 2 is 2.15 bits per heavy atom. The number of rotatable bonds is 6. The average molecular weight is 319 g/mol. The summed E-state index contributed by atoms with van der Waals surface area (Å²) in [5.74, 6) is 0.770. The van der Waals surface area contributed by atoms with Crippen LogP contribution in [0.15, 0.2) is 24.3 Å². The van der Waals surface area contributed by atoms with Gasteiger partial charge in [0.25, 0.3) is 0 Å². The zero-order chi connectivity index (χ0) is 13.7. The number of ether oxygens (including phenoxy) is 1. The van der Waals surface area contributed by atoms with Crippen molar-refractivity contribution in [3.05, 3.63) is 29.3 Å². The topological polar surface area (TPSA) is 24.5 Å². The number of para-hydroxylation sites is 1. The molecule has 1 heterocycles. The van der Waals surface area contributed by atoms with E-state index in [9.17, 15) is 0 Å². The number of likely N-dealkylation sites (N-methyl/N-ethyl adjacent to an activating group) is 1. The van der Waals surface area contributed by atoms with Gasteiger partial charge in [-0.3, -0.25) is 0 Å². The van der Waals surface area contributed by atoms with Crippen molar-refractivity contribution in [2.75, 3.05) is 39.8 Å². The molecule has 1 N–H and O–H groups in total. The lowest BCUT2D eigenvalue weighted by molar-refractivity contribution is 0.177. The highest BCUT2D eigenvalue weighted by Crippen LogP contribution is 2.25. The minimum Gasteiger partial charge on any atom is -0.491 e. The van der Waals surface area contributed by atoms with E-state index in [-0.39, 0.29) is 12.4 Å². The first-order valence-electron chi connectivity index (χ1n) is 6.86. The van der Waals surface area contributed by atoms with Crippen LogP contribution in [0.1, 0.15) is 13.3 Å². The Hall–Kier alpha value is -0.480. The summed E-state index contributed by atoms with van der Waals surface area (Å²) in [4.78, 5) is 2.34. The second kappa shape index (κ2) is 8.08. The summed E-state index contributed by atoms with van der Waals surface area (Å²) >= 11 is 6.05. The molecule has 20 heavy (non-hydrogen) atoms. The summed E-state index contributed by atoms with van der Waals surface area (Å²) in [6.45, 7) is 7.29. The Balaban J connectivity index is 0.00000200. The maximum absolute atomic E-state index is 6.05. The van der Waals surface area contributed by atoms with Gasteiger partial charge in [0.15, 0.2) is 0 Å². The van der Waals surface area contributed by atoms with Crippen LogP contribution in [0, 0.1) is 5.41 Å². The molecule has 0 bridgehead atoms. The van der Waals surface area contributed by atoms with Crippen LogP contribution in [0.2, 0.25) is 5.02 Å². The fourth-order valence-corrected chi connectivity index (χ4v) is 2.80. The highest BCUT2D eigenvalue weighted by Gasteiger charge is 2.29. The van der Waals surface area contributed by atoms with Gasteiger partial charge in [0.1, 0.15) is 12.4 Å². The van der Waals surface area contributed by atoms with Crippen LogP contribution >= 0.6 is 24.0 Å². The molecule has 2 rings (SSSR count). The van der Waals surface area contributed by atoms with Gasteiger partial charge < -0.3 is 15.0 Å². The van der Waals surface area contributed by atoms with Crippen LogP contribution < -0.4 is 10.1 Å². The SMILES string of the molecule is CN(CCOc1ccccc1Cl)CC1(C)CCNC1.Cl. The van der Waals surface area contributed by atoms with E-state index in [4.69, 9.17) is 16.3 Å². The Bertz CT molecular complexity index is 409. The van der Waals surface area contributed by atoms with Gasteiger partial charge in [-0.05, 0) is 37.6 Å². The molecule has 1 aromatic carbocycles. The maximum Gasteiger partial charge on any atom is 0.137 e. The fraction of sp³-hybridized carbons (Fsp3) is 0.600. The van der Waals surface area contributed by atoms with Crippen LogP contribution in [0.3, 0.4) is 0 Å². The van der Waals surface area contributed by atoms with E-state index >= 15 is 0 Å². The van der Waals surface area contributed by atoms with Gasteiger partial charge >= 0.3 is 0 Å². The predicted molar refractivity (Wildman–Crippen MR) is 87.3 cm³/mol. The van der Waals surface area contributed by atoms with Crippen LogP contribution in [-0.2, 0) is 0 Å². The number of halogens is 2. The zero-order valence-electron chi connectivity index (χ0n) is 12.2. The highest BCUT2D eigenvalue weighted by molar-refractivity contribution is 6.32. The molecule has 0 saturated carbocycles. The molecule has 1 fully saturated rings. The predicted octanol–water partition coefficient (Wildman–Crippen LogP) is 3.07. The molecule has 1 aliphatic heterocycles. The van der Waals surface area contributed by atoms with Crippen LogP contribution in [0.4, 0.5) is 0 Å². The van der Waals surface area contributed by atoms with Crippen molar-refractivity contribution >= 4 is 24.0 Å². The molecule has 0 radical (unpaired) electrons. The minimum atomic E-state index is 0. The van der Waals surface area contributed by atoms with Gasteiger partial charge in [0.05, 0.1) is 5.02 Å². The van der Waals surface area contributed by atoms with E-state index in [1.165, 1.54) is 6.42 Å². The first-order chi connectivity index (χ1) is 9.09. The monoisotopic (exact) mass is 318 g/mol. The standard InChI is InChI=1S/C15H23ClN2O.ClH/c1-15(7-8-17-11-15)12-18(2)9-10-19-14-6-4-3-5-13(14)16;/h3-6,17H,7-12H2,1-2H3;1H. The van der Waals surface area contributed by atoms with Crippen LogP contribution in [0.25, 0.3) is 0 Å². The lowest BCUT2D eigenvalue weighted by Gasteiger charge is -2.29. The van der Waals surface area contributed by atoms with Gasteiger partial charge in [-0.1, -0.05) is 30.7 Å². The molecule has 1 saturated heterocycles. The normalized spacial score (nSPS) is 21.8. The molecule has 0 spiro atoms. The summed E-state index contributed by atoms with van der Waals surface area (Å²) in [6, 6.07) is 7.61. The second-order valence-corrected chi connectivity index (χ2v) is 6.16. The van der Waals surface area contributed by atoms with Crippen molar-refractivity contribution in [3.63, 3.8) is 0 Å². The van der Waals surface area contributed by atoms with Crippen molar-refractivity contribution in [2.45, 2.75) is 13.3 Å². The summed E-state index contributed by atoms with van der Waals surface area (Å²) in [5, 5.41) is 4.11. The molecule has 3 nitrogen and oxygen atoms in total. The summed E-state index contributed by atoms with van der Waals surface area (Å²) < 4.78 is 5.72. The number of hydrogen-bond donors (Lipinski definition) is 1. The lowest BCUT2D eigenvalue weighted by Crippen LogP contribution is -2.37. The van der Waals surface area contributed by atoms with E-state index in [1.54, 1.807) is 0 Å². The number of nitrogens with one attached hydrogen (secondary N) is 1. The molecule has 114 valence electrons. The number of hydrogen-bond acceptors (Lipinski definition) is 3. The smallest absolute Gasteiger partial charge is 0.137 e. The summed E-state index contributed by atoms with van der Waals surface area (Å²) in [6.07, 6.45) is 1.25. The Kier molecular flexibility index (Phi) is 7.10. The molecule has 1 aromatic rings. The molecule has 0 aromatic heterocycles. The molecular formula is C15H24Cl2N2O. The van der Waals surface area contributed by atoms with E-state index in [0.29, 0.717) is 17.0 Å². The van der Waals surface area contributed by atoms with Crippen molar-refractivity contribution in [3.8, 4) is 5.75 Å². The van der Waals surface area contributed by atoms with Gasteiger partial charge in [-0.25, -0.2) is 0 Å². The van der Waals surface area contributed by atoms with Crippen molar-refractivity contribution in [1.82, 2.24) is 10.2 Å². The second-order valence-electron chi connectivity index (χ2n) is 5.75. The van der Waals surface area contributed by atoms with Gasteiger partial charge in [-0.2, -0.15) is 0 Å². The average Bonchev–Trinajstić information content (AvgIpc) is 2.78. The third-order valence-electron chi connectivity index (χ3n) is 3.68. The van der Waals surface area contributed by atoms with E-state index < -0.39 is 0 Å². The molecule has 1 atom stereocenters. The molecule has 1 aliphatic rings. The Labute approximate surface area is 133 Å². The lowest BCUT2D eigenvalue weighted by atomic mass is 9.89. The molecule has 5 heteroatoms. The van der Waals surface area contributed by atoms with E-state index in [0.717, 1.165) is 31.9 Å². The third kappa shape index (κ3) is 5.13. The first kappa shape index (κ1) is 17.6. The van der Waals surface area contributed by atoms with E-state index in [2.05, 4.69) is 24.2 Å². The summed E-state index contributed by atoms with van der Waals surface area (Å²) in [5.41, 5.74) is 0.402. The highest BCUT2D eigenvalue weighted by atomic mass is 35.5. The summed E-state index contributed by atoms with van der Waals surface area (Å²) in [7, 11) is 2.15. The molecule has 0 amide bonds. The number of benzene rings is 1. The zero-order valence-corrected chi connectivity index (χ0v) is 13.8. The minimum absolute atomic E-state index is 0. The Morgan fingerprint density at radius 1 is 1.40 bits per heavy atom. The third-order valence-corrected chi connectivity index (χ3v) is 3.99. The fourth-order valence-electron chi connectivity index (χ4n) is 2.61. The molecular weight excluding hydrogens is 295 g/mol. The van der Waals surface area contributed by atoms with Gasteiger partial charge in [-0.15, -0.1) is 12.4 Å². The largest absolute Gasteiger partial charge is 0.491 e. The van der Waals surface area contributed by atoms with Crippen molar-refractivity contribution in [1.29, 1.82) is 0 Å². The van der Waals surface area contributed by atoms with Gasteiger partial charge in [0.2, 0.25) is 0 Å². The first-order valence-corrected chi connectivity index (χ1v) is 7.23. The molecule has 1 unspecified atom stereocenters. The van der Waals surface area contributed by atoms with Gasteiger partial charge in [0, 0.05) is 19.6 Å². The Morgan fingerprint density at radius 3 is 2.80 bits per heavy atom. The maximum atomic E-state index is 6.05. The van der Waals surface area contributed by atoms with Crippen molar-refractivity contribution in [2.24, 2.45) is 5.41 Å². The quantitative estimate of drug-likeness (QED) is 0.872. The van der Waals surface area contributed by atoms with Crippen LogP contribution in [-0.4, -0.2) is 44.7 Å². The van der Waals surface area contributed by atoms with Crippen LogP contribution in [0.5, 0.6) is 5.75 Å².